The van der Waals surface area contributed by atoms with Crippen LogP contribution in [0, 0.1) is 18.3 Å². The molecule has 0 saturated heterocycles. The van der Waals surface area contributed by atoms with Gasteiger partial charge in [-0.2, -0.15) is 5.26 Å². The second kappa shape index (κ2) is 9.27. The van der Waals surface area contributed by atoms with Crippen molar-refractivity contribution in [3.63, 3.8) is 0 Å². The Morgan fingerprint density at radius 3 is 2.47 bits per heavy atom. The predicted octanol–water partition coefficient (Wildman–Crippen LogP) is 6.17. The molecule has 32 heavy (non-hydrogen) atoms. The van der Waals surface area contributed by atoms with Gasteiger partial charge in [-0.25, -0.2) is 4.79 Å². The number of nitriles is 1. The third-order valence-electron chi connectivity index (χ3n) is 5.12. The fourth-order valence-corrected chi connectivity index (χ4v) is 3.31. The highest BCUT2D eigenvalue weighted by Crippen LogP contribution is 2.31. The van der Waals surface area contributed by atoms with Gasteiger partial charge in [-0.05, 0) is 55.0 Å². The molecule has 1 aromatic heterocycles. The summed E-state index contributed by atoms with van der Waals surface area (Å²) in [7, 11) is 1.68. The number of amides is 1. The van der Waals surface area contributed by atoms with E-state index < -0.39 is 6.09 Å². The van der Waals surface area contributed by atoms with Crippen LogP contribution in [0.25, 0.3) is 11.0 Å². The Labute approximate surface area is 186 Å². The minimum absolute atomic E-state index is 0.221. The molecule has 0 N–H and O–H groups in total. The molecule has 0 spiro atoms. The number of benzene rings is 3. The first-order valence-corrected chi connectivity index (χ1v) is 10.2. The lowest BCUT2D eigenvalue weighted by molar-refractivity contribution is 0.100. The Hall–Kier alpha value is -4.24. The lowest BCUT2D eigenvalue weighted by atomic mass is 10.1. The highest BCUT2D eigenvalue weighted by molar-refractivity contribution is 5.83. The molecule has 160 valence electrons. The lowest BCUT2D eigenvalue weighted by Crippen LogP contribution is -2.26. The van der Waals surface area contributed by atoms with Crippen LogP contribution in [-0.4, -0.2) is 18.0 Å². The van der Waals surface area contributed by atoms with E-state index in [1.165, 1.54) is 4.90 Å². The zero-order valence-corrected chi connectivity index (χ0v) is 17.9. The molecule has 1 heterocycles. The van der Waals surface area contributed by atoms with Gasteiger partial charge in [0, 0.05) is 18.0 Å². The molecule has 1 amide bonds. The molecular weight excluding hydrogens is 404 g/mol. The van der Waals surface area contributed by atoms with Crippen LogP contribution < -0.4 is 4.74 Å². The summed E-state index contributed by atoms with van der Waals surface area (Å²) in [5.74, 6) is 1.99. The molecule has 0 atom stereocenters. The first-order chi connectivity index (χ1) is 15.5. The number of hydrogen-bond donors (Lipinski definition) is 0. The van der Waals surface area contributed by atoms with Gasteiger partial charge in [0.1, 0.15) is 29.4 Å². The van der Waals surface area contributed by atoms with E-state index in [1.807, 2.05) is 55.5 Å². The van der Waals surface area contributed by atoms with Crippen molar-refractivity contribution in [1.29, 1.82) is 5.26 Å². The molecule has 0 saturated carbocycles. The molecule has 0 aliphatic rings. The number of carbonyl (C=O) groups excluding carboxylic acids is 1. The van der Waals surface area contributed by atoms with E-state index in [0.717, 1.165) is 22.1 Å². The zero-order chi connectivity index (χ0) is 22.5. The second-order valence-electron chi connectivity index (χ2n) is 7.44. The van der Waals surface area contributed by atoms with Crippen LogP contribution in [0.5, 0.6) is 11.5 Å². The van der Waals surface area contributed by atoms with E-state index in [9.17, 15) is 4.79 Å². The van der Waals surface area contributed by atoms with Crippen molar-refractivity contribution < 1.29 is 18.7 Å². The normalized spacial score (nSPS) is 10.5. The molecule has 0 radical (unpaired) electrons. The Morgan fingerprint density at radius 1 is 1.03 bits per heavy atom. The van der Waals surface area contributed by atoms with Crippen LogP contribution in [0.3, 0.4) is 0 Å². The smallest absolute Gasteiger partial charge is 0.410 e. The van der Waals surface area contributed by atoms with E-state index in [1.54, 1.807) is 31.3 Å². The maximum absolute atomic E-state index is 12.4. The monoisotopic (exact) mass is 426 g/mol. The third-order valence-corrected chi connectivity index (χ3v) is 5.12. The van der Waals surface area contributed by atoms with Gasteiger partial charge in [-0.15, -0.1) is 0 Å². The molecule has 4 aromatic rings. The molecular formula is C26H22N2O4. The Kier molecular flexibility index (Phi) is 6.09. The minimum atomic E-state index is -0.418. The largest absolute Gasteiger partial charge is 0.459 e. The van der Waals surface area contributed by atoms with Crippen LogP contribution in [-0.2, 0) is 17.9 Å². The summed E-state index contributed by atoms with van der Waals surface area (Å²) >= 11 is 0. The van der Waals surface area contributed by atoms with Crippen molar-refractivity contribution in [2.75, 3.05) is 7.05 Å². The van der Waals surface area contributed by atoms with Crippen LogP contribution in [0.2, 0.25) is 0 Å². The number of fused-ring (bicyclic) bond motifs is 1. The highest BCUT2D eigenvalue weighted by Gasteiger charge is 2.17. The molecule has 0 bridgehead atoms. The molecule has 4 rings (SSSR count). The van der Waals surface area contributed by atoms with E-state index in [0.29, 0.717) is 29.4 Å². The van der Waals surface area contributed by atoms with Gasteiger partial charge in [0.15, 0.2) is 0 Å². The van der Waals surface area contributed by atoms with Crippen LogP contribution in [0.1, 0.15) is 22.5 Å². The average Bonchev–Trinajstić information content (AvgIpc) is 3.13. The number of ether oxygens (including phenoxy) is 2. The Balaban J connectivity index is 1.44. The van der Waals surface area contributed by atoms with E-state index in [-0.39, 0.29) is 6.61 Å². The van der Waals surface area contributed by atoms with Crippen LogP contribution >= 0.6 is 0 Å². The van der Waals surface area contributed by atoms with Gasteiger partial charge in [0.05, 0.1) is 18.2 Å². The minimum Gasteiger partial charge on any atom is -0.459 e. The van der Waals surface area contributed by atoms with Crippen molar-refractivity contribution in [2.45, 2.75) is 20.1 Å². The highest BCUT2D eigenvalue weighted by atomic mass is 16.6. The number of nitrogens with zero attached hydrogens (tertiary/aromatic N) is 2. The fraction of sp³-hybridized carbons (Fsp3) is 0.154. The first kappa shape index (κ1) is 21.0. The molecule has 3 aromatic carbocycles. The zero-order valence-electron chi connectivity index (χ0n) is 17.9. The first-order valence-electron chi connectivity index (χ1n) is 10.2. The van der Waals surface area contributed by atoms with Gasteiger partial charge in [-0.3, -0.25) is 0 Å². The van der Waals surface area contributed by atoms with Gasteiger partial charge < -0.3 is 18.8 Å². The van der Waals surface area contributed by atoms with E-state index in [2.05, 4.69) is 6.07 Å². The van der Waals surface area contributed by atoms with E-state index >= 15 is 0 Å². The van der Waals surface area contributed by atoms with Crippen LogP contribution in [0.4, 0.5) is 4.79 Å². The van der Waals surface area contributed by atoms with Gasteiger partial charge >= 0.3 is 6.09 Å². The summed E-state index contributed by atoms with van der Waals surface area (Å²) in [4.78, 5) is 13.9. The summed E-state index contributed by atoms with van der Waals surface area (Å²) in [6, 6.07) is 24.2. The summed E-state index contributed by atoms with van der Waals surface area (Å²) in [5, 5.41) is 9.83. The fourth-order valence-electron chi connectivity index (χ4n) is 3.31. The molecule has 0 aliphatic heterocycles. The number of hydrogen-bond acceptors (Lipinski definition) is 5. The lowest BCUT2D eigenvalue weighted by Gasteiger charge is -2.16. The van der Waals surface area contributed by atoms with Crippen molar-refractivity contribution in [2.24, 2.45) is 0 Å². The standard InChI is InChI=1S/C26H22N2O4/c1-18-23-14-22(31-21-10-8-19(15-27)9-11-21)12-13-24(23)32-25(18)16-28(2)26(29)30-17-20-6-4-3-5-7-20/h3-14H,16-17H2,1-2H3. The van der Waals surface area contributed by atoms with Crippen molar-refractivity contribution in [3.8, 4) is 17.6 Å². The number of furan rings is 1. The third kappa shape index (κ3) is 4.73. The van der Waals surface area contributed by atoms with Crippen LogP contribution in [0.15, 0.2) is 77.2 Å². The number of rotatable bonds is 6. The summed E-state index contributed by atoms with van der Waals surface area (Å²) in [6.07, 6.45) is -0.418. The quantitative estimate of drug-likeness (QED) is 0.368. The van der Waals surface area contributed by atoms with Crippen molar-refractivity contribution in [3.05, 3.63) is 95.2 Å². The van der Waals surface area contributed by atoms with Gasteiger partial charge in [0.25, 0.3) is 0 Å². The van der Waals surface area contributed by atoms with E-state index in [4.69, 9.17) is 19.2 Å². The Morgan fingerprint density at radius 2 is 1.75 bits per heavy atom. The average molecular weight is 426 g/mol. The summed E-state index contributed by atoms with van der Waals surface area (Å²) in [5.41, 5.74) is 3.17. The molecule has 6 nitrogen and oxygen atoms in total. The maximum Gasteiger partial charge on any atom is 0.410 e. The van der Waals surface area contributed by atoms with Crippen molar-refractivity contribution >= 4 is 17.1 Å². The summed E-state index contributed by atoms with van der Waals surface area (Å²) in [6.45, 7) is 2.47. The Bertz CT molecular complexity index is 1270. The topological polar surface area (TPSA) is 75.7 Å². The SMILES string of the molecule is Cc1c(CN(C)C(=O)OCc2ccccc2)oc2ccc(Oc3ccc(C#N)cc3)cc12. The molecule has 0 fully saturated rings. The molecule has 0 aliphatic carbocycles. The predicted molar refractivity (Wildman–Crippen MR) is 120 cm³/mol. The molecule has 6 heteroatoms. The summed E-state index contributed by atoms with van der Waals surface area (Å²) < 4.78 is 17.3. The second-order valence-corrected chi connectivity index (χ2v) is 7.44. The number of carbonyl (C=O) groups is 1. The van der Waals surface area contributed by atoms with Gasteiger partial charge in [-0.1, -0.05) is 30.3 Å². The van der Waals surface area contributed by atoms with Crippen molar-refractivity contribution in [1.82, 2.24) is 4.90 Å². The maximum atomic E-state index is 12.4. The molecule has 0 unspecified atom stereocenters. The van der Waals surface area contributed by atoms with Gasteiger partial charge in [0.2, 0.25) is 0 Å². The number of aryl methyl sites for hydroxylation is 1.